The zero-order valence-electron chi connectivity index (χ0n) is 12.9. The molecule has 0 aliphatic carbocycles. The topological polar surface area (TPSA) is 98.4 Å². The van der Waals surface area contributed by atoms with Crippen LogP contribution in [0.2, 0.25) is 0 Å². The third-order valence-corrected chi connectivity index (χ3v) is 3.80. The molecule has 0 bridgehead atoms. The first-order valence-corrected chi connectivity index (χ1v) is 6.85. The van der Waals surface area contributed by atoms with Crippen LogP contribution in [-0.2, 0) is 0 Å². The fourth-order valence-electron chi connectivity index (χ4n) is 2.46. The highest BCUT2D eigenvalue weighted by atomic mass is 15.1. The fraction of sp³-hybridized carbons (Fsp3) is 0.412. The van der Waals surface area contributed by atoms with Gasteiger partial charge in [-0.25, -0.2) is 0 Å². The lowest BCUT2D eigenvalue weighted by Crippen LogP contribution is -2.23. The van der Waals surface area contributed by atoms with Crippen LogP contribution in [0.1, 0.15) is 18.4 Å². The average Bonchev–Trinajstić information content (AvgIpc) is 2.53. The normalized spacial score (nSPS) is 12.6. The van der Waals surface area contributed by atoms with Crippen LogP contribution in [0, 0.1) is 63.1 Å². The maximum atomic E-state index is 9.23. The van der Waals surface area contributed by atoms with Crippen molar-refractivity contribution in [3.63, 3.8) is 0 Å². The number of rotatable bonds is 5. The summed E-state index contributed by atoms with van der Waals surface area (Å²) >= 11 is 0. The number of nitrogens with zero attached hydrogens (tertiary/aromatic N) is 5. The summed E-state index contributed by atoms with van der Waals surface area (Å²) in [5.74, 6) is -2.65. The van der Waals surface area contributed by atoms with Gasteiger partial charge < -0.3 is 4.90 Å². The van der Waals surface area contributed by atoms with Gasteiger partial charge in [0.15, 0.2) is 0 Å². The molecule has 0 aliphatic heterocycles. The predicted molar refractivity (Wildman–Crippen MR) is 82.1 cm³/mol. The molecule has 5 heteroatoms. The lowest BCUT2D eigenvalue weighted by atomic mass is 9.74. The minimum atomic E-state index is -0.899. The fourth-order valence-corrected chi connectivity index (χ4v) is 2.46. The minimum Gasteiger partial charge on any atom is -0.378 e. The van der Waals surface area contributed by atoms with Crippen LogP contribution in [-0.4, -0.2) is 14.1 Å². The number of hydrogen-bond donors (Lipinski definition) is 0. The molecule has 2 unspecified atom stereocenters. The van der Waals surface area contributed by atoms with Crippen molar-refractivity contribution in [2.45, 2.75) is 12.8 Å². The first-order chi connectivity index (χ1) is 10.5. The second-order valence-corrected chi connectivity index (χ2v) is 5.34. The summed E-state index contributed by atoms with van der Waals surface area (Å²) in [6, 6.07) is 15.4. The van der Waals surface area contributed by atoms with E-state index in [1.807, 2.05) is 67.5 Å². The Morgan fingerprint density at radius 3 is 1.64 bits per heavy atom. The summed E-state index contributed by atoms with van der Waals surface area (Å²) in [5.41, 5.74) is 1.79. The van der Waals surface area contributed by atoms with Crippen LogP contribution in [0.25, 0.3) is 0 Å². The van der Waals surface area contributed by atoms with E-state index in [-0.39, 0.29) is 0 Å². The van der Waals surface area contributed by atoms with Gasteiger partial charge in [0.2, 0.25) is 0 Å². The minimum absolute atomic E-state index is 0.412. The van der Waals surface area contributed by atoms with Gasteiger partial charge in [-0.2, -0.15) is 21.0 Å². The number of benzene rings is 1. The molecule has 0 spiro atoms. The molecule has 0 radical (unpaired) electrons. The van der Waals surface area contributed by atoms with E-state index >= 15 is 0 Å². The SMILES string of the molecule is CC(C(C#N)C#N)C(c1ccc(N(C)C)cc1)C(C#N)C#N. The Kier molecular flexibility index (Phi) is 5.95. The second-order valence-electron chi connectivity index (χ2n) is 5.34. The molecule has 0 heterocycles. The predicted octanol–water partition coefficient (Wildman–Crippen LogP) is 2.80. The van der Waals surface area contributed by atoms with E-state index in [1.54, 1.807) is 6.92 Å². The second kappa shape index (κ2) is 7.68. The molecule has 5 nitrogen and oxygen atoms in total. The standard InChI is InChI=1S/C17H17N5/c1-12(14(8-18)9-19)17(15(10-20)11-21)13-4-6-16(7-5-13)22(2)3/h4-7,12,14-15,17H,1-3H3. The Hall–Kier alpha value is -3.02. The van der Waals surface area contributed by atoms with Gasteiger partial charge >= 0.3 is 0 Å². The summed E-state index contributed by atoms with van der Waals surface area (Å²) in [4.78, 5) is 1.95. The van der Waals surface area contributed by atoms with Crippen molar-refractivity contribution in [1.29, 1.82) is 21.0 Å². The Labute approximate surface area is 131 Å². The summed E-state index contributed by atoms with van der Waals surface area (Å²) in [7, 11) is 3.84. The van der Waals surface area contributed by atoms with Crippen LogP contribution in [0.3, 0.4) is 0 Å². The van der Waals surface area contributed by atoms with Crippen molar-refractivity contribution in [3.8, 4) is 24.3 Å². The molecule has 0 saturated heterocycles. The molecule has 0 saturated carbocycles. The summed E-state index contributed by atoms with van der Waals surface area (Å²) in [6.45, 7) is 1.74. The quantitative estimate of drug-likeness (QED) is 0.830. The molecule has 2 atom stereocenters. The van der Waals surface area contributed by atoms with Gasteiger partial charge in [0.1, 0.15) is 11.8 Å². The summed E-state index contributed by atoms with van der Waals surface area (Å²) in [5, 5.41) is 36.6. The molecule has 0 amide bonds. The molecule has 22 heavy (non-hydrogen) atoms. The highest BCUT2D eigenvalue weighted by Gasteiger charge is 2.33. The van der Waals surface area contributed by atoms with E-state index in [0.717, 1.165) is 11.3 Å². The van der Waals surface area contributed by atoms with Crippen LogP contribution in [0.15, 0.2) is 24.3 Å². The molecule has 1 rings (SSSR count). The number of nitriles is 4. The molecule has 0 N–H and O–H groups in total. The maximum Gasteiger partial charge on any atom is 0.140 e. The lowest BCUT2D eigenvalue weighted by molar-refractivity contribution is 0.381. The first kappa shape index (κ1) is 17.0. The molecule has 0 aromatic heterocycles. The van der Waals surface area contributed by atoms with E-state index in [9.17, 15) is 10.5 Å². The van der Waals surface area contributed by atoms with Crippen LogP contribution >= 0.6 is 0 Å². The van der Waals surface area contributed by atoms with Gasteiger partial charge in [0, 0.05) is 25.7 Å². The largest absolute Gasteiger partial charge is 0.378 e. The average molecular weight is 291 g/mol. The van der Waals surface area contributed by atoms with Crippen LogP contribution in [0.4, 0.5) is 5.69 Å². The van der Waals surface area contributed by atoms with Crippen molar-refractivity contribution in [2.75, 3.05) is 19.0 Å². The monoisotopic (exact) mass is 291 g/mol. The maximum absolute atomic E-state index is 9.23. The van der Waals surface area contributed by atoms with Crippen molar-refractivity contribution >= 4 is 5.69 Å². The van der Waals surface area contributed by atoms with Crippen LogP contribution < -0.4 is 4.90 Å². The number of hydrogen-bond acceptors (Lipinski definition) is 5. The Morgan fingerprint density at radius 2 is 1.27 bits per heavy atom. The highest BCUT2D eigenvalue weighted by Crippen LogP contribution is 2.36. The zero-order chi connectivity index (χ0) is 16.7. The van der Waals surface area contributed by atoms with Gasteiger partial charge in [-0.15, -0.1) is 0 Å². The van der Waals surface area contributed by atoms with Crippen molar-refractivity contribution in [1.82, 2.24) is 0 Å². The molecule has 0 aliphatic rings. The van der Waals surface area contributed by atoms with Crippen molar-refractivity contribution in [2.24, 2.45) is 17.8 Å². The lowest BCUT2D eigenvalue weighted by Gasteiger charge is -2.26. The van der Waals surface area contributed by atoms with Gasteiger partial charge in [-0.05, 0) is 23.6 Å². The zero-order valence-corrected chi connectivity index (χ0v) is 12.9. The summed E-state index contributed by atoms with van der Waals surface area (Å²) in [6.07, 6.45) is 0. The third-order valence-electron chi connectivity index (χ3n) is 3.80. The number of anilines is 1. The van der Waals surface area contributed by atoms with E-state index in [2.05, 4.69) is 0 Å². The van der Waals surface area contributed by atoms with Gasteiger partial charge in [0.25, 0.3) is 0 Å². The molecular weight excluding hydrogens is 274 g/mol. The van der Waals surface area contributed by atoms with Crippen molar-refractivity contribution < 1.29 is 0 Å². The van der Waals surface area contributed by atoms with Gasteiger partial charge in [0.05, 0.1) is 24.3 Å². The first-order valence-electron chi connectivity index (χ1n) is 6.85. The van der Waals surface area contributed by atoms with E-state index in [4.69, 9.17) is 10.5 Å². The van der Waals surface area contributed by atoms with Crippen LogP contribution in [0.5, 0.6) is 0 Å². The Bertz CT molecular complexity index is 635. The van der Waals surface area contributed by atoms with Gasteiger partial charge in [-0.1, -0.05) is 19.1 Å². The van der Waals surface area contributed by atoms with E-state index in [1.165, 1.54) is 0 Å². The Balaban J connectivity index is 3.28. The molecular formula is C17H17N5. The molecule has 1 aromatic carbocycles. The van der Waals surface area contributed by atoms with Crippen molar-refractivity contribution in [3.05, 3.63) is 29.8 Å². The summed E-state index contributed by atoms with van der Waals surface area (Å²) < 4.78 is 0. The molecule has 1 aromatic rings. The Morgan fingerprint density at radius 1 is 0.818 bits per heavy atom. The van der Waals surface area contributed by atoms with E-state index in [0.29, 0.717) is 0 Å². The van der Waals surface area contributed by atoms with E-state index < -0.39 is 23.7 Å². The smallest absolute Gasteiger partial charge is 0.140 e. The molecule has 110 valence electrons. The highest BCUT2D eigenvalue weighted by molar-refractivity contribution is 5.47. The third kappa shape index (κ3) is 3.54. The molecule has 0 fully saturated rings. The van der Waals surface area contributed by atoms with Gasteiger partial charge in [-0.3, -0.25) is 0 Å².